The lowest BCUT2D eigenvalue weighted by atomic mass is 9.97. The minimum absolute atomic E-state index is 0.641. The molecule has 0 saturated heterocycles. The maximum Gasteiger partial charge on any atom is 0.0104 e. The monoisotopic (exact) mass is 169 g/mol. The molecule has 0 aromatic carbocycles. The van der Waals surface area contributed by atoms with Crippen LogP contribution in [0.25, 0.3) is 0 Å². The summed E-state index contributed by atoms with van der Waals surface area (Å²) in [5, 5.41) is 3.48. The maximum atomic E-state index is 3.78. The van der Waals surface area contributed by atoms with Crippen molar-refractivity contribution in [2.45, 2.75) is 46.1 Å². The number of hydrogen-bond donors (Lipinski definition) is 1. The van der Waals surface area contributed by atoms with Crippen LogP contribution in [0, 0.1) is 5.92 Å². The van der Waals surface area contributed by atoms with Crippen LogP contribution in [0.5, 0.6) is 0 Å². The van der Waals surface area contributed by atoms with E-state index in [1.54, 1.807) is 0 Å². The van der Waals surface area contributed by atoms with Crippen molar-refractivity contribution in [2.75, 3.05) is 6.54 Å². The Bertz CT molecular complexity index is 110. The summed E-state index contributed by atoms with van der Waals surface area (Å²) < 4.78 is 0. The first-order chi connectivity index (χ1) is 5.74. The van der Waals surface area contributed by atoms with Crippen molar-refractivity contribution in [2.24, 2.45) is 5.92 Å². The predicted molar refractivity (Wildman–Crippen MR) is 56.4 cm³/mol. The van der Waals surface area contributed by atoms with E-state index in [2.05, 4.69) is 32.7 Å². The lowest BCUT2D eigenvalue weighted by Gasteiger charge is -2.19. The molecule has 0 fully saturated rings. The molecule has 0 saturated carbocycles. The van der Waals surface area contributed by atoms with Gasteiger partial charge in [-0.2, -0.15) is 0 Å². The van der Waals surface area contributed by atoms with E-state index in [4.69, 9.17) is 0 Å². The van der Waals surface area contributed by atoms with Gasteiger partial charge in [0.25, 0.3) is 0 Å². The van der Waals surface area contributed by atoms with Crippen LogP contribution >= 0.6 is 0 Å². The van der Waals surface area contributed by atoms with E-state index >= 15 is 0 Å². The predicted octanol–water partition coefficient (Wildman–Crippen LogP) is 2.98. The molecular formula is C11H23N. The zero-order chi connectivity index (χ0) is 9.40. The van der Waals surface area contributed by atoms with Crippen LogP contribution in [0.15, 0.2) is 12.7 Å². The van der Waals surface area contributed by atoms with Crippen LogP contribution < -0.4 is 5.32 Å². The molecule has 0 bridgehead atoms. The molecule has 0 aromatic heterocycles. The SMILES string of the molecule is C=CCC(CC(C)CC)NCC. The number of hydrogen-bond acceptors (Lipinski definition) is 1. The van der Waals surface area contributed by atoms with Gasteiger partial charge in [-0.05, 0) is 25.3 Å². The summed E-state index contributed by atoms with van der Waals surface area (Å²) in [6.45, 7) is 11.6. The molecule has 72 valence electrons. The van der Waals surface area contributed by atoms with E-state index in [9.17, 15) is 0 Å². The molecule has 0 aliphatic carbocycles. The van der Waals surface area contributed by atoms with Gasteiger partial charge in [0.15, 0.2) is 0 Å². The largest absolute Gasteiger partial charge is 0.314 e. The second-order valence-corrected chi connectivity index (χ2v) is 3.53. The van der Waals surface area contributed by atoms with E-state index in [1.165, 1.54) is 12.8 Å². The standard InChI is InChI=1S/C11H23N/c1-5-8-11(12-7-3)9-10(4)6-2/h5,10-12H,1,6-9H2,2-4H3. The highest BCUT2D eigenvalue weighted by Gasteiger charge is 2.08. The molecule has 0 aromatic rings. The van der Waals surface area contributed by atoms with E-state index in [1.807, 2.05) is 6.08 Å². The molecule has 1 nitrogen and oxygen atoms in total. The quantitative estimate of drug-likeness (QED) is 0.578. The van der Waals surface area contributed by atoms with Crippen LogP contribution in [-0.2, 0) is 0 Å². The highest BCUT2D eigenvalue weighted by Crippen LogP contribution is 2.12. The summed E-state index contributed by atoms with van der Waals surface area (Å²) in [5.74, 6) is 0.828. The summed E-state index contributed by atoms with van der Waals surface area (Å²) in [4.78, 5) is 0. The summed E-state index contributed by atoms with van der Waals surface area (Å²) in [7, 11) is 0. The van der Waals surface area contributed by atoms with Crippen molar-refractivity contribution < 1.29 is 0 Å². The van der Waals surface area contributed by atoms with Gasteiger partial charge in [0.1, 0.15) is 0 Å². The summed E-state index contributed by atoms with van der Waals surface area (Å²) in [6, 6.07) is 0.641. The van der Waals surface area contributed by atoms with Gasteiger partial charge in [-0.1, -0.05) is 33.3 Å². The normalized spacial score (nSPS) is 15.6. The average molecular weight is 169 g/mol. The van der Waals surface area contributed by atoms with Gasteiger partial charge < -0.3 is 5.32 Å². The van der Waals surface area contributed by atoms with Crippen LogP contribution in [0.1, 0.15) is 40.0 Å². The molecular weight excluding hydrogens is 146 g/mol. The van der Waals surface area contributed by atoms with E-state index in [0.29, 0.717) is 6.04 Å². The first kappa shape index (κ1) is 11.7. The minimum Gasteiger partial charge on any atom is -0.314 e. The van der Waals surface area contributed by atoms with Gasteiger partial charge in [0, 0.05) is 6.04 Å². The summed E-state index contributed by atoms with van der Waals surface area (Å²) in [6.07, 6.45) is 5.66. The molecule has 12 heavy (non-hydrogen) atoms. The zero-order valence-corrected chi connectivity index (χ0v) is 8.77. The molecule has 0 rings (SSSR count). The van der Waals surface area contributed by atoms with E-state index in [0.717, 1.165) is 18.9 Å². The smallest absolute Gasteiger partial charge is 0.0104 e. The van der Waals surface area contributed by atoms with Crippen molar-refractivity contribution in [3.63, 3.8) is 0 Å². The molecule has 2 unspecified atom stereocenters. The van der Waals surface area contributed by atoms with Gasteiger partial charge >= 0.3 is 0 Å². The Hall–Kier alpha value is -0.300. The summed E-state index contributed by atoms with van der Waals surface area (Å²) >= 11 is 0. The second kappa shape index (κ2) is 7.35. The molecule has 2 atom stereocenters. The van der Waals surface area contributed by atoms with Crippen molar-refractivity contribution in [3.8, 4) is 0 Å². The fourth-order valence-corrected chi connectivity index (χ4v) is 1.41. The molecule has 1 heteroatoms. The van der Waals surface area contributed by atoms with Crippen molar-refractivity contribution in [3.05, 3.63) is 12.7 Å². The average Bonchev–Trinajstić information content (AvgIpc) is 2.05. The van der Waals surface area contributed by atoms with E-state index < -0.39 is 0 Å². The number of nitrogens with one attached hydrogen (secondary N) is 1. The molecule has 0 amide bonds. The Kier molecular flexibility index (Phi) is 7.17. The fraction of sp³-hybridized carbons (Fsp3) is 0.818. The van der Waals surface area contributed by atoms with E-state index in [-0.39, 0.29) is 0 Å². The van der Waals surface area contributed by atoms with Crippen LogP contribution in [0.4, 0.5) is 0 Å². The Morgan fingerprint density at radius 3 is 2.50 bits per heavy atom. The highest BCUT2D eigenvalue weighted by molar-refractivity contribution is 4.78. The fourth-order valence-electron chi connectivity index (χ4n) is 1.41. The minimum atomic E-state index is 0.641. The molecule has 1 N–H and O–H groups in total. The van der Waals surface area contributed by atoms with Crippen molar-refractivity contribution in [1.29, 1.82) is 0 Å². The number of rotatable bonds is 7. The third-order valence-corrected chi connectivity index (χ3v) is 2.33. The lowest BCUT2D eigenvalue weighted by molar-refractivity contribution is 0.401. The van der Waals surface area contributed by atoms with Crippen molar-refractivity contribution in [1.82, 2.24) is 5.32 Å². The molecule has 0 radical (unpaired) electrons. The third-order valence-electron chi connectivity index (χ3n) is 2.33. The first-order valence-corrected chi connectivity index (χ1v) is 5.08. The molecule has 0 aliphatic heterocycles. The van der Waals surface area contributed by atoms with Gasteiger partial charge in [0.05, 0.1) is 0 Å². The highest BCUT2D eigenvalue weighted by atomic mass is 14.9. The molecule has 0 aliphatic rings. The van der Waals surface area contributed by atoms with Crippen LogP contribution in [-0.4, -0.2) is 12.6 Å². The van der Waals surface area contributed by atoms with Gasteiger partial charge in [-0.3, -0.25) is 0 Å². The molecule has 0 heterocycles. The topological polar surface area (TPSA) is 12.0 Å². The van der Waals surface area contributed by atoms with Crippen molar-refractivity contribution >= 4 is 0 Å². The second-order valence-electron chi connectivity index (χ2n) is 3.53. The molecule has 0 spiro atoms. The van der Waals surface area contributed by atoms with Gasteiger partial charge in [-0.25, -0.2) is 0 Å². The van der Waals surface area contributed by atoms with Crippen LogP contribution in [0.3, 0.4) is 0 Å². The maximum absolute atomic E-state index is 3.78. The first-order valence-electron chi connectivity index (χ1n) is 5.08. The third kappa shape index (κ3) is 5.36. The Balaban J connectivity index is 3.68. The Labute approximate surface area is 77.2 Å². The zero-order valence-electron chi connectivity index (χ0n) is 8.77. The van der Waals surface area contributed by atoms with Gasteiger partial charge in [0.2, 0.25) is 0 Å². The van der Waals surface area contributed by atoms with Gasteiger partial charge in [-0.15, -0.1) is 6.58 Å². The summed E-state index contributed by atoms with van der Waals surface area (Å²) in [5.41, 5.74) is 0. The van der Waals surface area contributed by atoms with Crippen LogP contribution in [0.2, 0.25) is 0 Å². The lowest BCUT2D eigenvalue weighted by Crippen LogP contribution is -2.29. The Morgan fingerprint density at radius 2 is 2.08 bits per heavy atom. The Morgan fingerprint density at radius 1 is 1.42 bits per heavy atom.